The van der Waals surface area contributed by atoms with Gasteiger partial charge in [-0.1, -0.05) is 50.2 Å². The van der Waals surface area contributed by atoms with Gasteiger partial charge in [-0.2, -0.15) is 0 Å². The summed E-state index contributed by atoms with van der Waals surface area (Å²) in [6, 6.07) is 15.4. The lowest BCUT2D eigenvalue weighted by Crippen LogP contribution is -2.15. The predicted octanol–water partition coefficient (Wildman–Crippen LogP) is 3.69. The van der Waals surface area contributed by atoms with Crippen molar-refractivity contribution in [2.75, 3.05) is 5.32 Å². The number of carboxylic acids is 1. The molecular weight excluding hydrogens is 302 g/mol. The molecule has 0 saturated carbocycles. The molecule has 2 aromatic carbocycles. The first-order chi connectivity index (χ1) is 11.5. The number of aryl methyl sites for hydroxylation is 1. The summed E-state index contributed by atoms with van der Waals surface area (Å²) in [5.41, 5.74) is 3.88. The monoisotopic (exact) mass is 325 g/mol. The number of hydrogen-bond acceptors (Lipinski definition) is 2. The number of carboxylic acid groups (broad SMARTS) is 1. The minimum absolute atomic E-state index is 0.0603. The van der Waals surface area contributed by atoms with Crippen LogP contribution in [0.2, 0.25) is 0 Å². The normalized spacial score (nSPS) is 11.8. The van der Waals surface area contributed by atoms with Crippen LogP contribution in [0.1, 0.15) is 30.5 Å². The molecule has 4 nitrogen and oxygen atoms in total. The zero-order valence-corrected chi connectivity index (χ0v) is 14.1. The molecule has 1 unspecified atom stereocenters. The van der Waals surface area contributed by atoms with Gasteiger partial charge in [-0.25, -0.2) is 0 Å². The molecule has 2 N–H and O–H groups in total. The van der Waals surface area contributed by atoms with E-state index < -0.39 is 11.9 Å². The molecule has 0 aromatic heterocycles. The molecule has 0 aliphatic heterocycles. The van der Waals surface area contributed by atoms with Gasteiger partial charge in [-0.15, -0.1) is 0 Å². The van der Waals surface area contributed by atoms with E-state index in [9.17, 15) is 9.59 Å². The fourth-order valence-corrected chi connectivity index (χ4v) is 2.52. The molecule has 0 aliphatic carbocycles. The second kappa shape index (κ2) is 8.29. The summed E-state index contributed by atoms with van der Waals surface area (Å²) in [5.74, 6) is -1.28. The number of carbonyl (C=O) groups excluding carboxylic acids is 1. The van der Waals surface area contributed by atoms with E-state index in [1.165, 1.54) is 5.56 Å². The number of nitrogens with one attached hydrogen (secondary N) is 1. The summed E-state index contributed by atoms with van der Waals surface area (Å²) in [4.78, 5) is 23.0. The Morgan fingerprint density at radius 3 is 2.33 bits per heavy atom. The largest absolute Gasteiger partial charge is 0.481 e. The van der Waals surface area contributed by atoms with Crippen molar-refractivity contribution in [3.63, 3.8) is 0 Å². The fourth-order valence-electron chi connectivity index (χ4n) is 2.52. The van der Waals surface area contributed by atoms with E-state index >= 15 is 0 Å². The van der Waals surface area contributed by atoms with Crippen LogP contribution < -0.4 is 5.32 Å². The van der Waals surface area contributed by atoms with Gasteiger partial charge >= 0.3 is 5.97 Å². The second-order valence-electron chi connectivity index (χ2n) is 6.04. The van der Waals surface area contributed by atoms with E-state index in [2.05, 4.69) is 24.4 Å². The zero-order valence-electron chi connectivity index (χ0n) is 14.1. The average Bonchev–Trinajstić information content (AvgIpc) is 2.56. The van der Waals surface area contributed by atoms with Crippen LogP contribution in [0.4, 0.5) is 5.69 Å². The van der Waals surface area contributed by atoms with Crippen molar-refractivity contribution in [3.05, 3.63) is 65.2 Å². The summed E-state index contributed by atoms with van der Waals surface area (Å²) < 4.78 is 0. The Kier molecular flexibility index (Phi) is 6.13. The number of rotatable bonds is 7. The smallest absolute Gasteiger partial charge is 0.306 e. The van der Waals surface area contributed by atoms with Crippen LogP contribution in [-0.4, -0.2) is 17.0 Å². The lowest BCUT2D eigenvalue weighted by molar-refractivity contribution is -0.141. The molecule has 2 aromatic rings. The maximum Gasteiger partial charge on any atom is 0.306 e. The van der Waals surface area contributed by atoms with E-state index in [1.807, 2.05) is 36.4 Å². The number of amides is 1. The molecule has 0 spiro atoms. The lowest BCUT2D eigenvalue weighted by atomic mass is 10.0. The molecule has 0 bridgehead atoms. The van der Waals surface area contributed by atoms with Crippen LogP contribution in [0.5, 0.6) is 0 Å². The summed E-state index contributed by atoms with van der Waals surface area (Å²) in [6.45, 7) is 3.77. The van der Waals surface area contributed by atoms with Gasteiger partial charge < -0.3 is 10.4 Å². The Hall–Kier alpha value is -2.62. The van der Waals surface area contributed by atoms with Crippen LogP contribution in [0.25, 0.3) is 0 Å². The summed E-state index contributed by atoms with van der Waals surface area (Å²) >= 11 is 0. The number of aliphatic carboxylic acids is 1. The highest BCUT2D eigenvalue weighted by molar-refractivity contribution is 5.92. The Balaban J connectivity index is 1.93. The SMILES string of the molecule is CCc1cccc(CC(=O)Nc2ccc(CC(C)C(=O)O)cc2)c1. The molecule has 0 fully saturated rings. The third-order valence-electron chi connectivity index (χ3n) is 3.97. The minimum Gasteiger partial charge on any atom is -0.481 e. The highest BCUT2D eigenvalue weighted by Crippen LogP contribution is 2.14. The van der Waals surface area contributed by atoms with Crippen molar-refractivity contribution in [1.82, 2.24) is 0 Å². The molecule has 1 atom stereocenters. The van der Waals surface area contributed by atoms with Crippen LogP contribution in [0, 0.1) is 5.92 Å². The van der Waals surface area contributed by atoms with Gasteiger partial charge in [0.1, 0.15) is 0 Å². The molecule has 4 heteroatoms. The molecule has 0 saturated heterocycles. The van der Waals surface area contributed by atoms with Crippen molar-refractivity contribution in [1.29, 1.82) is 0 Å². The van der Waals surface area contributed by atoms with Crippen LogP contribution >= 0.6 is 0 Å². The number of hydrogen-bond donors (Lipinski definition) is 2. The van der Waals surface area contributed by atoms with Gasteiger partial charge in [-0.3, -0.25) is 9.59 Å². The second-order valence-corrected chi connectivity index (χ2v) is 6.04. The number of carbonyl (C=O) groups is 2. The molecule has 0 radical (unpaired) electrons. The van der Waals surface area contributed by atoms with E-state index in [-0.39, 0.29) is 5.91 Å². The van der Waals surface area contributed by atoms with Crippen molar-refractivity contribution >= 4 is 17.6 Å². The van der Waals surface area contributed by atoms with E-state index in [4.69, 9.17) is 5.11 Å². The van der Waals surface area contributed by atoms with Crippen molar-refractivity contribution in [2.45, 2.75) is 33.1 Å². The minimum atomic E-state index is -0.804. The zero-order chi connectivity index (χ0) is 17.5. The Bertz CT molecular complexity index is 707. The van der Waals surface area contributed by atoms with E-state index in [0.29, 0.717) is 12.8 Å². The van der Waals surface area contributed by atoms with Crippen LogP contribution in [0.15, 0.2) is 48.5 Å². The maximum absolute atomic E-state index is 12.1. The van der Waals surface area contributed by atoms with E-state index in [0.717, 1.165) is 23.2 Å². The molecule has 0 aliphatic rings. The third kappa shape index (κ3) is 5.23. The summed E-state index contributed by atoms with van der Waals surface area (Å²) in [6.07, 6.45) is 1.77. The van der Waals surface area contributed by atoms with Gasteiger partial charge in [0, 0.05) is 5.69 Å². The first-order valence-electron chi connectivity index (χ1n) is 8.17. The fraction of sp³-hybridized carbons (Fsp3) is 0.300. The van der Waals surface area contributed by atoms with Crippen molar-refractivity contribution in [2.24, 2.45) is 5.92 Å². The highest BCUT2D eigenvalue weighted by atomic mass is 16.4. The maximum atomic E-state index is 12.1. The summed E-state index contributed by atoms with van der Waals surface area (Å²) in [5, 5.41) is 11.8. The quantitative estimate of drug-likeness (QED) is 0.816. The first kappa shape index (κ1) is 17.7. The molecular formula is C20H23NO3. The first-order valence-corrected chi connectivity index (χ1v) is 8.17. The molecule has 1 amide bonds. The van der Waals surface area contributed by atoms with Gasteiger partial charge in [-0.05, 0) is 41.7 Å². The Morgan fingerprint density at radius 2 is 1.71 bits per heavy atom. The van der Waals surface area contributed by atoms with Gasteiger partial charge in [0.25, 0.3) is 0 Å². The predicted molar refractivity (Wildman–Crippen MR) is 95.1 cm³/mol. The number of anilines is 1. The summed E-state index contributed by atoms with van der Waals surface area (Å²) in [7, 11) is 0. The topological polar surface area (TPSA) is 66.4 Å². The van der Waals surface area contributed by atoms with Gasteiger partial charge in [0.15, 0.2) is 0 Å². The van der Waals surface area contributed by atoms with Gasteiger partial charge in [0.05, 0.1) is 12.3 Å². The molecule has 24 heavy (non-hydrogen) atoms. The Labute approximate surface area is 142 Å². The highest BCUT2D eigenvalue weighted by Gasteiger charge is 2.11. The van der Waals surface area contributed by atoms with Crippen LogP contribution in [0.3, 0.4) is 0 Å². The molecule has 2 rings (SSSR count). The van der Waals surface area contributed by atoms with E-state index in [1.54, 1.807) is 6.92 Å². The van der Waals surface area contributed by atoms with Crippen LogP contribution in [-0.2, 0) is 28.9 Å². The van der Waals surface area contributed by atoms with Crippen molar-refractivity contribution < 1.29 is 14.7 Å². The molecule has 0 heterocycles. The standard InChI is InChI=1S/C20H23NO3/c1-3-15-5-4-6-17(12-15)13-19(22)21-18-9-7-16(8-10-18)11-14(2)20(23)24/h4-10,12,14H,3,11,13H2,1-2H3,(H,21,22)(H,23,24). The van der Waals surface area contributed by atoms with Gasteiger partial charge in [0.2, 0.25) is 5.91 Å². The third-order valence-corrected chi connectivity index (χ3v) is 3.97. The van der Waals surface area contributed by atoms with Crippen molar-refractivity contribution in [3.8, 4) is 0 Å². The molecule has 126 valence electrons. The number of benzene rings is 2. The Morgan fingerprint density at radius 1 is 1.04 bits per heavy atom. The lowest BCUT2D eigenvalue weighted by Gasteiger charge is -2.09. The average molecular weight is 325 g/mol.